The minimum absolute atomic E-state index is 0.378. The molecule has 1 saturated heterocycles. The number of allylic oxidation sites excluding steroid dienone is 2. The number of nitrogens with zero attached hydrogens (tertiary/aromatic N) is 1. The lowest BCUT2D eigenvalue weighted by atomic mass is 10.2. The largest absolute Gasteiger partial charge is 0.387 e. The van der Waals surface area contributed by atoms with Crippen LogP contribution in [-0.2, 0) is 9.84 Å². The van der Waals surface area contributed by atoms with Crippen LogP contribution in [0.4, 0.5) is 4.39 Å². The van der Waals surface area contributed by atoms with Crippen molar-refractivity contribution in [1.82, 2.24) is 5.32 Å². The molecule has 1 heterocycles. The van der Waals surface area contributed by atoms with Crippen molar-refractivity contribution >= 4 is 9.84 Å². The number of hydrogen-bond donors (Lipinski definition) is 1. The number of sulfone groups is 1. The summed E-state index contributed by atoms with van der Waals surface area (Å²) in [7, 11) is -4.11. The van der Waals surface area contributed by atoms with Gasteiger partial charge in [0.2, 0.25) is 9.84 Å². The minimum Gasteiger partial charge on any atom is -0.387 e. The van der Waals surface area contributed by atoms with Crippen LogP contribution >= 0.6 is 0 Å². The molecule has 1 aromatic carbocycles. The Hall–Kier alpha value is -1.87. The van der Waals surface area contributed by atoms with Crippen LogP contribution in [0.3, 0.4) is 0 Å². The first-order valence-electron chi connectivity index (χ1n) is 5.85. The molecule has 2 rings (SSSR count). The molecule has 19 heavy (non-hydrogen) atoms. The Morgan fingerprint density at radius 2 is 2.21 bits per heavy atom. The van der Waals surface area contributed by atoms with Gasteiger partial charge in [0.05, 0.1) is 0 Å². The molecular weight excluding hydrogens is 267 g/mol. The summed E-state index contributed by atoms with van der Waals surface area (Å²) in [4.78, 5) is -0.820. The fraction of sp³-hybridized carbons (Fsp3) is 0.308. The lowest BCUT2D eigenvalue weighted by Crippen LogP contribution is -2.14. The second-order valence-electron chi connectivity index (χ2n) is 4.39. The third kappa shape index (κ3) is 2.47. The summed E-state index contributed by atoms with van der Waals surface area (Å²) < 4.78 is 38.4. The molecule has 0 aromatic heterocycles. The topological polar surface area (TPSA) is 70.0 Å². The fourth-order valence-electron chi connectivity index (χ4n) is 2.00. The van der Waals surface area contributed by atoms with E-state index in [0.717, 1.165) is 12.5 Å². The Bertz CT molecular complexity index is 679. The third-order valence-electron chi connectivity index (χ3n) is 2.96. The average Bonchev–Trinajstić information content (AvgIpc) is 2.86. The summed E-state index contributed by atoms with van der Waals surface area (Å²) in [5, 5.41) is 12.0. The second-order valence-corrected chi connectivity index (χ2v) is 6.24. The van der Waals surface area contributed by atoms with Crippen LogP contribution < -0.4 is 5.32 Å². The highest BCUT2D eigenvalue weighted by molar-refractivity contribution is 7.95. The van der Waals surface area contributed by atoms with Crippen LogP contribution in [0.2, 0.25) is 0 Å². The van der Waals surface area contributed by atoms with E-state index in [1.54, 1.807) is 13.0 Å². The molecule has 0 spiro atoms. The number of hydrogen-bond acceptors (Lipinski definition) is 4. The van der Waals surface area contributed by atoms with Gasteiger partial charge in [-0.1, -0.05) is 6.07 Å². The van der Waals surface area contributed by atoms with Crippen molar-refractivity contribution in [3.05, 3.63) is 40.2 Å². The smallest absolute Gasteiger partial charge is 0.221 e. The van der Waals surface area contributed by atoms with Crippen molar-refractivity contribution in [2.75, 3.05) is 6.54 Å². The van der Waals surface area contributed by atoms with Gasteiger partial charge in [0.1, 0.15) is 16.8 Å². The molecule has 100 valence electrons. The van der Waals surface area contributed by atoms with Crippen LogP contribution in [0.25, 0.3) is 0 Å². The summed E-state index contributed by atoms with van der Waals surface area (Å²) in [5.41, 5.74) is 1.00. The Kier molecular flexibility index (Phi) is 3.58. The van der Waals surface area contributed by atoms with Crippen LogP contribution in [0.15, 0.2) is 33.7 Å². The fourth-order valence-corrected chi connectivity index (χ4v) is 3.51. The highest BCUT2D eigenvalue weighted by Gasteiger charge is 2.28. The zero-order chi connectivity index (χ0) is 14.0. The van der Waals surface area contributed by atoms with Crippen molar-refractivity contribution in [2.24, 2.45) is 0 Å². The molecule has 4 nitrogen and oxygen atoms in total. The molecule has 6 heteroatoms. The van der Waals surface area contributed by atoms with Gasteiger partial charge in [-0.2, -0.15) is 5.26 Å². The maximum absolute atomic E-state index is 13.7. The number of rotatable bonds is 2. The number of nitrogens with one attached hydrogen (secondary N) is 1. The molecule has 0 aliphatic carbocycles. The molecule has 1 N–H and O–H groups in total. The van der Waals surface area contributed by atoms with E-state index < -0.39 is 20.5 Å². The van der Waals surface area contributed by atoms with Gasteiger partial charge in [0, 0.05) is 12.2 Å². The first-order chi connectivity index (χ1) is 8.96. The van der Waals surface area contributed by atoms with E-state index in [2.05, 4.69) is 5.32 Å². The number of nitriles is 1. The van der Waals surface area contributed by atoms with E-state index in [4.69, 9.17) is 5.26 Å². The molecule has 1 aliphatic heterocycles. The van der Waals surface area contributed by atoms with E-state index in [1.165, 1.54) is 12.1 Å². The van der Waals surface area contributed by atoms with Crippen molar-refractivity contribution in [3.8, 4) is 6.07 Å². The molecule has 0 amide bonds. The van der Waals surface area contributed by atoms with E-state index in [9.17, 15) is 12.8 Å². The Labute approximate surface area is 111 Å². The highest BCUT2D eigenvalue weighted by Crippen LogP contribution is 2.27. The van der Waals surface area contributed by atoms with Gasteiger partial charge in [-0.3, -0.25) is 0 Å². The van der Waals surface area contributed by atoms with E-state index in [0.29, 0.717) is 24.2 Å². The van der Waals surface area contributed by atoms with Crippen molar-refractivity contribution in [1.29, 1.82) is 5.26 Å². The van der Waals surface area contributed by atoms with Gasteiger partial charge in [0.25, 0.3) is 0 Å². The molecule has 1 fully saturated rings. The van der Waals surface area contributed by atoms with Crippen LogP contribution in [0.1, 0.15) is 18.4 Å². The normalized spacial score (nSPS) is 17.7. The molecule has 1 aromatic rings. The lowest BCUT2D eigenvalue weighted by Gasteiger charge is -2.08. The second kappa shape index (κ2) is 5.02. The standard InChI is InChI=1S/C13H13FN2O2S/c1-9-4-5-10(14)12(7-9)19(17,18)13(8-15)11-3-2-6-16-11/h4-5,7,16H,2-3,6H2,1H3/b13-11+. The Morgan fingerprint density at radius 1 is 1.47 bits per heavy atom. The summed E-state index contributed by atoms with van der Waals surface area (Å²) in [6.07, 6.45) is 1.27. The SMILES string of the molecule is Cc1ccc(F)c(S(=O)(=O)/C(C#N)=C2\CCCN2)c1. The Balaban J connectivity index is 2.62. The van der Waals surface area contributed by atoms with Crippen LogP contribution in [0.5, 0.6) is 0 Å². The number of benzene rings is 1. The molecule has 0 atom stereocenters. The van der Waals surface area contributed by atoms with E-state index in [-0.39, 0.29) is 4.91 Å². The highest BCUT2D eigenvalue weighted by atomic mass is 32.2. The predicted molar refractivity (Wildman–Crippen MR) is 68.2 cm³/mol. The molecular formula is C13H13FN2O2S. The number of halogens is 1. The zero-order valence-corrected chi connectivity index (χ0v) is 11.2. The summed E-state index contributed by atoms with van der Waals surface area (Å²) >= 11 is 0. The van der Waals surface area contributed by atoms with Crippen molar-refractivity contribution in [3.63, 3.8) is 0 Å². The molecule has 0 saturated carbocycles. The van der Waals surface area contributed by atoms with E-state index in [1.807, 2.05) is 0 Å². The minimum atomic E-state index is -4.11. The van der Waals surface area contributed by atoms with Gasteiger partial charge in [-0.05, 0) is 37.5 Å². The third-order valence-corrected chi connectivity index (χ3v) is 4.73. The van der Waals surface area contributed by atoms with Crippen LogP contribution in [0, 0.1) is 24.1 Å². The summed E-state index contributed by atoms with van der Waals surface area (Å²) in [5.74, 6) is -0.836. The van der Waals surface area contributed by atoms with Gasteiger partial charge < -0.3 is 5.32 Å². The van der Waals surface area contributed by atoms with Gasteiger partial charge in [-0.15, -0.1) is 0 Å². The number of aryl methyl sites for hydroxylation is 1. The first-order valence-corrected chi connectivity index (χ1v) is 7.33. The maximum Gasteiger partial charge on any atom is 0.221 e. The lowest BCUT2D eigenvalue weighted by molar-refractivity contribution is 0.570. The zero-order valence-electron chi connectivity index (χ0n) is 10.4. The average molecular weight is 280 g/mol. The molecule has 1 aliphatic rings. The van der Waals surface area contributed by atoms with Gasteiger partial charge >= 0.3 is 0 Å². The quantitative estimate of drug-likeness (QED) is 0.841. The molecule has 0 unspecified atom stereocenters. The maximum atomic E-state index is 13.7. The van der Waals surface area contributed by atoms with Crippen molar-refractivity contribution < 1.29 is 12.8 Å². The molecule has 0 bridgehead atoms. The molecule has 0 radical (unpaired) electrons. The van der Waals surface area contributed by atoms with Crippen molar-refractivity contribution in [2.45, 2.75) is 24.7 Å². The van der Waals surface area contributed by atoms with Gasteiger partial charge in [0.15, 0.2) is 4.91 Å². The first kappa shape index (κ1) is 13.6. The van der Waals surface area contributed by atoms with Gasteiger partial charge in [-0.25, -0.2) is 12.8 Å². The summed E-state index contributed by atoms with van der Waals surface area (Å²) in [6, 6.07) is 5.53. The monoisotopic (exact) mass is 280 g/mol. The van der Waals surface area contributed by atoms with Crippen LogP contribution in [-0.4, -0.2) is 15.0 Å². The predicted octanol–water partition coefficient (Wildman–Crippen LogP) is 2.03. The summed E-state index contributed by atoms with van der Waals surface area (Å²) in [6.45, 7) is 2.30. The van der Waals surface area contributed by atoms with E-state index >= 15 is 0 Å². The Morgan fingerprint density at radius 3 is 2.79 bits per heavy atom.